The van der Waals surface area contributed by atoms with Gasteiger partial charge in [0.2, 0.25) is 5.88 Å². The molecular formula is C14H23ClN2O2. The molecule has 1 aromatic rings. The predicted octanol–water partition coefficient (Wildman–Crippen LogP) is 3.44. The minimum absolute atomic E-state index is 0.469. The third-order valence-electron chi connectivity index (χ3n) is 2.48. The standard InChI is InChI=1S/C14H23ClN2O2/c1-5-6-12-16-13(15)11(4)14(17-12)19-8-7-18-9-10(2)3/h10H,5-9H2,1-4H3. The van der Waals surface area contributed by atoms with Crippen molar-refractivity contribution in [2.75, 3.05) is 19.8 Å². The first kappa shape index (κ1) is 16.2. The van der Waals surface area contributed by atoms with Gasteiger partial charge in [0.15, 0.2) is 0 Å². The zero-order chi connectivity index (χ0) is 14.3. The van der Waals surface area contributed by atoms with Crippen molar-refractivity contribution in [1.82, 2.24) is 9.97 Å². The maximum atomic E-state index is 6.07. The van der Waals surface area contributed by atoms with E-state index in [2.05, 4.69) is 30.7 Å². The van der Waals surface area contributed by atoms with Crippen LogP contribution in [0.5, 0.6) is 5.88 Å². The number of hydrogen-bond acceptors (Lipinski definition) is 4. The molecule has 0 radical (unpaired) electrons. The highest BCUT2D eigenvalue weighted by atomic mass is 35.5. The first-order valence-electron chi connectivity index (χ1n) is 6.78. The second kappa shape index (κ2) is 8.33. The number of hydrogen-bond donors (Lipinski definition) is 0. The molecule has 4 nitrogen and oxygen atoms in total. The molecule has 0 bridgehead atoms. The third kappa shape index (κ3) is 5.74. The van der Waals surface area contributed by atoms with Crippen molar-refractivity contribution >= 4 is 11.6 Å². The summed E-state index contributed by atoms with van der Waals surface area (Å²) >= 11 is 6.07. The van der Waals surface area contributed by atoms with Gasteiger partial charge in [0.25, 0.3) is 0 Å². The average molecular weight is 287 g/mol. The van der Waals surface area contributed by atoms with Crippen molar-refractivity contribution in [2.45, 2.75) is 40.5 Å². The van der Waals surface area contributed by atoms with Gasteiger partial charge in [-0.25, -0.2) is 4.98 Å². The number of rotatable bonds is 8. The Balaban J connectivity index is 2.52. The topological polar surface area (TPSA) is 44.2 Å². The summed E-state index contributed by atoms with van der Waals surface area (Å²) in [5.41, 5.74) is 0.783. The molecule has 1 rings (SSSR count). The smallest absolute Gasteiger partial charge is 0.221 e. The molecule has 0 N–H and O–H groups in total. The predicted molar refractivity (Wildman–Crippen MR) is 76.9 cm³/mol. The van der Waals surface area contributed by atoms with Gasteiger partial charge < -0.3 is 9.47 Å². The second-order valence-corrected chi connectivity index (χ2v) is 5.29. The van der Waals surface area contributed by atoms with Crippen molar-refractivity contribution < 1.29 is 9.47 Å². The van der Waals surface area contributed by atoms with E-state index in [1.54, 1.807) is 0 Å². The van der Waals surface area contributed by atoms with Gasteiger partial charge in [-0.15, -0.1) is 0 Å². The number of ether oxygens (including phenoxy) is 2. The van der Waals surface area contributed by atoms with Crippen molar-refractivity contribution in [2.24, 2.45) is 5.92 Å². The minimum Gasteiger partial charge on any atom is -0.475 e. The Morgan fingerprint density at radius 1 is 1.21 bits per heavy atom. The Labute approximate surface area is 120 Å². The molecule has 0 aliphatic heterocycles. The first-order chi connectivity index (χ1) is 9.04. The van der Waals surface area contributed by atoms with Crippen molar-refractivity contribution in [3.05, 3.63) is 16.5 Å². The average Bonchev–Trinajstić information content (AvgIpc) is 2.34. The van der Waals surface area contributed by atoms with Crippen LogP contribution >= 0.6 is 11.6 Å². The van der Waals surface area contributed by atoms with E-state index in [0.717, 1.165) is 30.8 Å². The lowest BCUT2D eigenvalue weighted by Gasteiger charge is -2.11. The van der Waals surface area contributed by atoms with E-state index >= 15 is 0 Å². The molecule has 1 heterocycles. The molecule has 0 unspecified atom stereocenters. The summed E-state index contributed by atoms with van der Waals surface area (Å²) in [6.07, 6.45) is 1.79. The molecule has 0 spiro atoms. The van der Waals surface area contributed by atoms with Crippen LogP contribution in [0.2, 0.25) is 5.15 Å². The SMILES string of the molecule is CCCc1nc(Cl)c(C)c(OCCOCC(C)C)n1. The zero-order valence-corrected chi connectivity index (χ0v) is 13.0. The van der Waals surface area contributed by atoms with Gasteiger partial charge >= 0.3 is 0 Å². The first-order valence-corrected chi connectivity index (χ1v) is 7.16. The third-order valence-corrected chi connectivity index (χ3v) is 2.85. The Bertz CT molecular complexity index is 397. The fourth-order valence-corrected chi connectivity index (χ4v) is 1.68. The summed E-state index contributed by atoms with van der Waals surface area (Å²) in [6.45, 7) is 9.96. The molecule has 0 saturated carbocycles. The lowest BCUT2D eigenvalue weighted by molar-refractivity contribution is 0.0803. The molecule has 0 aliphatic rings. The molecule has 0 fully saturated rings. The molecule has 0 amide bonds. The van der Waals surface area contributed by atoms with E-state index in [1.807, 2.05) is 6.92 Å². The summed E-state index contributed by atoms with van der Waals surface area (Å²) in [5.74, 6) is 1.83. The van der Waals surface area contributed by atoms with E-state index in [-0.39, 0.29) is 0 Å². The largest absolute Gasteiger partial charge is 0.475 e. The Morgan fingerprint density at radius 3 is 2.58 bits per heavy atom. The Kier molecular flexibility index (Phi) is 7.10. The molecule has 19 heavy (non-hydrogen) atoms. The van der Waals surface area contributed by atoms with Crippen LogP contribution in [-0.2, 0) is 11.2 Å². The normalized spacial score (nSPS) is 11.1. The highest BCUT2D eigenvalue weighted by molar-refractivity contribution is 6.30. The summed E-state index contributed by atoms with van der Waals surface area (Å²) in [4.78, 5) is 8.62. The van der Waals surface area contributed by atoms with Gasteiger partial charge in [0, 0.05) is 18.6 Å². The molecule has 5 heteroatoms. The lowest BCUT2D eigenvalue weighted by Crippen LogP contribution is -2.12. The van der Waals surface area contributed by atoms with Crippen molar-refractivity contribution in [3.8, 4) is 5.88 Å². The summed E-state index contributed by atoms with van der Waals surface area (Å²) in [7, 11) is 0. The van der Waals surface area contributed by atoms with Crippen LogP contribution in [0.3, 0.4) is 0 Å². The molecule has 0 aliphatic carbocycles. The number of aryl methyl sites for hydroxylation is 1. The van der Waals surface area contributed by atoms with Crippen molar-refractivity contribution in [1.29, 1.82) is 0 Å². The molecular weight excluding hydrogens is 264 g/mol. The van der Waals surface area contributed by atoms with Crippen LogP contribution in [-0.4, -0.2) is 29.8 Å². The maximum Gasteiger partial charge on any atom is 0.221 e. The van der Waals surface area contributed by atoms with E-state index in [0.29, 0.717) is 30.2 Å². The van der Waals surface area contributed by atoms with E-state index in [4.69, 9.17) is 21.1 Å². The quantitative estimate of drug-likeness (QED) is 0.542. The van der Waals surface area contributed by atoms with Crippen LogP contribution in [0.25, 0.3) is 0 Å². The van der Waals surface area contributed by atoms with Crippen LogP contribution < -0.4 is 4.74 Å². The molecule has 0 aromatic carbocycles. The second-order valence-electron chi connectivity index (χ2n) is 4.93. The molecule has 1 aromatic heterocycles. The van der Waals surface area contributed by atoms with Gasteiger partial charge in [0.05, 0.1) is 6.61 Å². The summed E-state index contributed by atoms with van der Waals surface area (Å²) < 4.78 is 11.1. The van der Waals surface area contributed by atoms with E-state index < -0.39 is 0 Å². The van der Waals surface area contributed by atoms with Crippen LogP contribution in [0.1, 0.15) is 38.6 Å². The molecule has 0 atom stereocenters. The van der Waals surface area contributed by atoms with Crippen LogP contribution in [0.4, 0.5) is 0 Å². The fourth-order valence-electron chi connectivity index (χ4n) is 1.50. The summed E-state index contributed by atoms with van der Waals surface area (Å²) in [5, 5.41) is 0.469. The molecule has 0 saturated heterocycles. The van der Waals surface area contributed by atoms with Crippen molar-refractivity contribution in [3.63, 3.8) is 0 Å². The zero-order valence-electron chi connectivity index (χ0n) is 12.2. The monoisotopic (exact) mass is 286 g/mol. The van der Waals surface area contributed by atoms with Gasteiger partial charge in [-0.3, -0.25) is 0 Å². The van der Waals surface area contributed by atoms with Gasteiger partial charge in [-0.1, -0.05) is 32.4 Å². The summed E-state index contributed by atoms with van der Waals surface area (Å²) in [6, 6.07) is 0. The van der Waals surface area contributed by atoms with Gasteiger partial charge in [0.1, 0.15) is 17.6 Å². The molecule has 108 valence electrons. The highest BCUT2D eigenvalue weighted by Crippen LogP contribution is 2.22. The van der Waals surface area contributed by atoms with Crippen LogP contribution in [0, 0.1) is 12.8 Å². The maximum absolute atomic E-state index is 6.07. The number of aromatic nitrogens is 2. The fraction of sp³-hybridized carbons (Fsp3) is 0.714. The van der Waals surface area contributed by atoms with Gasteiger partial charge in [-0.2, -0.15) is 4.98 Å². The highest BCUT2D eigenvalue weighted by Gasteiger charge is 2.10. The number of halogens is 1. The Morgan fingerprint density at radius 2 is 1.95 bits per heavy atom. The van der Waals surface area contributed by atoms with Gasteiger partial charge in [-0.05, 0) is 19.3 Å². The lowest BCUT2D eigenvalue weighted by atomic mass is 10.2. The number of nitrogens with zero attached hydrogens (tertiary/aromatic N) is 2. The van der Waals surface area contributed by atoms with Crippen LogP contribution in [0.15, 0.2) is 0 Å². The van der Waals surface area contributed by atoms with E-state index in [9.17, 15) is 0 Å². The Hall–Kier alpha value is -0.870. The van der Waals surface area contributed by atoms with E-state index in [1.165, 1.54) is 0 Å². The minimum atomic E-state index is 0.469.